The molecule has 3 rings (SSSR count). The second-order valence-corrected chi connectivity index (χ2v) is 36.2. The van der Waals surface area contributed by atoms with Gasteiger partial charge in [0, 0.05) is 76.6 Å². The summed E-state index contributed by atoms with van der Waals surface area (Å²) in [6.45, 7) is 65.9. The Morgan fingerprint density at radius 3 is 1.33 bits per heavy atom. The Kier molecular flexibility index (Phi) is 42.9. The quantitative estimate of drug-likeness (QED) is 0.140. The Bertz CT molecular complexity index is 2230. The number of hydrogen-bond acceptors (Lipinski definition) is 15. The van der Waals surface area contributed by atoms with Crippen LogP contribution >= 0.6 is 0 Å². The number of carbonyl (C=O) groups excluding carboxylic acids is 2. The number of methoxy groups -OCH3 is 1. The number of aliphatic hydroxyl groups is 1. The van der Waals surface area contributed by atoms with E-state index in [-0.39, 0.29) is 38.0 Å². The molecule has 1 aromatic rings. The van der Waals surface area contributed by atoms with Crippen LogP contribution in [0.2, 0.25) is 0 Å². The third-order valence-electron chi connectivity index (χ3n) is 10.8. The Hall–Kier alpha value is -3.65. The van der Waals surface area contributed by atoms with Crippen LogP contribution in [0.1, 0.15) is 234 Å². The van der Waals surface area contributed by atoms with Crippen molar-refractivity contribution in [1.29, 1.82) is 5.26 Å². The van der Waals surface area contributed by atoms with Crippen LogP contribution in [0, 0.1) is 53.9 Å². The van der Waals surface area contributed by atoms with Crippen LogP contribution < -0.4 is 15.8 Å². The summed E-state index contributed by atoms with van der Waals surface area (Å²) in [5.41, 5.74) is 3.27. The van der Waals surface area contributed by atoms with Crippen molar-refractivity contribution in [3.05, 3.63) is 40.4 Å². The SMILES string of the molecule is CC(C)(C)C#N.CC(C)(C)C(C)(C)O.CC(C)(C)CNC(N)=O.CC(C)(C)COc1ccccc1.CC(C)(C)N=S(C)(=O)[O-].CC(C)(C)S(=O)(=O)N1CCCCC1.CC(C)(C)[N+](=O)[O-].COC(=O)C(C)(C)C.C[C@H]1CN(CC(C)(C)C)C[C@H](C)O1. The van der Waals surface area contributed by atoms with Gasteiger partial charge in [-0.3, -0.25) is 24.0 Å². The third-order valence-corrected chi connectivity index (χ3v) is 14.3. The predicted molar refractivity (Wildman–Crippen MR) is 354 cm³/mol. The molecule has 0 aromatic heterocycles. The van der Waals surface area contributed by atoms with E-state index in [1.54, 1.807) is 66.6 Å². The van der Waals surface area contributed by atoms with Gasteiger partial charge in [0.05, 0.1) is 53.3 Å². The molecule has 1 aromatic carbocycles. The van der Waals surface area contributed by atoms with Gasteiger partial charge in [-0.25, -0.2) is 21.9 Å². The van der Waals surface area contributed by atoms with Gasteiger partial charge in [0.1, 0.15) is 5.75 Å². The molecule has 0 bridgehead atoms. The van der Waals surface area contributed by atoms with Crippen LogP contribution in [0.25, 0.3) is 0 Å². The summed E-state index contributed by atoms with van der Waals surface area (Å²) >= 11 is 0. The number of hydrogen-bond donors (Lipinski definition) is 3. The number of amides is 2. The molecule has 2 aliphatic heterocycles. The summed E-state index contributed by atoms with van der Waals surface area (Å²) in [7, 11) is -4.83. The van der Waals surface area contributed by atoms with Gasteiger partial charge >= 0.3 is 12.0 Å². The molecule has 2 heterocycles. The van der Waals surface area contributed by atoms with Crippen LogP contribution in [0.4, 0.5) is 4.79 Å². The van der Waals surface area contributed by atoms with Crippen molar-refractivity contribution in [3.63, 3.8) is 0 Å². The Balaban J connectivity index is -0.000000209. The maximum absolute atomic E-state index is 11.9. The zero-order chi connectivity index (χ0) is 69.5. The van der Waals surface area contributed by atoms with E-state index >= 15 is 0 Å². The first kappa shape index (κ1) is 92.5. The van der Waals surface area contributed by atoms with E-state index < -0.39 is 47.5 Å². The van der Waals surface area contributed by atoms with Crippen LogP contribution in [-0.4, -0.2) is 141 Å². The lowest BCUT2D eigenvalue weighted by molar-refractivity contribution is -0.555. The molecule has 0 radical (unpaired) electrons. The van der Waals surface area contributed by atoms with E-state index in [2.05, 4.69) is 80.8 Å². The Morgan fingerprint density at radius 2 is 1.13 bits per heavy atom. The first-order valence-corrected chi connectivity index (χ1v) is 32.8. The van der Waals surface area contributed by atoms with Crippen LogP contribution in [-0.2, 0) is 34.3 Å². The van der Waals surface area contributed by atoms with Crippen molar-refractivity contribution < 1.29 is 51.0 Å². The number of urea groups is 1. The second kappa shape index (κ2) is 39.4. The highest BCUT2D eigenvalue weighted by atomic mass is 32.2. The number of nitrogens with two attached hydrogens (primary N) is 1. The fourth-order valence-corrected chi connectivity index (χ4v) is 8.06. The van der Waals surface area contributed by atoms with Gasteiger partial charge in [-0.1, -0.05) is 108 Å². The molecular weight excluding hydrogens is 1120 g/mol. The lowest BCUT2D eigenvalue weighted by atomic mass is 9.79. The van der Waals surface area contributed by atoms with Crippen LogP contribution in [0.15, 0.2) is 34.7 Å². The number of piperidine rings is 1. The Morgan fingerprint density at radius 1 is 0.753 bits per heavy atom. The smallest absolute Gasteiger partial charge is 0.312 e. The highest BCUT2D eigenvalue weighted by molar-refractivity contribution is 7.90. The molecule has 3 atom stereocenters. The van der Waals surface area contributed by atoms with Gasteiger partial charge in [0.2, 0.25) is 15.6 Å². The largest absolute Gasteiger partial charge is 0.764 e. The van der Waals surface area contributed by atoms with E-state index in [1.807, 2.05) is 127 Å². The topological polar surface area (TPSA) is 280 Å². The lowest BCUT2D eigenvalue weighted by Gasteiger charge is -2.38. The monoisotopic (exact) mass is 1250 g/mol. The number of nitriles is 1. The highest BCUT2D eigenvalue weighted by Crippen LogP contribution is 2.29. The van der Waals surface area contributed by atoms with Crippen molar-refractivity contribution in [2.24, 2.45) is 42.6 Å². The summed E-state index contributed by atoms with van der Waals surface area (Å²) in [6, 6.07) is 11.6. The standard InChI is InChI=1S/C11H23NO.C11H16O.C9H19NO2S.C7H16O.C6H14N2O.C6H12O2.C5H13NO2S.C5H9N.C4H9NO2/c1-9-6-12(7-10(2)13-9)8-11(3,4)5;1-11(2,3)9-12-10-7-5-4-6-8-10;1-9(2,3)13(11,12)10-7-5-4-6-8-10;1-6(2,3)7(4,5)8;1-6(2,3)4-8-5(7)9;1-6(2,3)5(7)8-4;1-5(2,3)6-9(4,7)8;1-5(2,3)4-6;1-4(2,3)5(6)7/h9-10H,6-8H2,1-5H3;4-8H,9H2,1-3H3;4-8H2,1-3H3;8H,1-5H3;4H2,1-3H3,(H3,7,8,9);1-4H3;1-4H3,(H,6,7,8);1-3H3;1-3H3/p-1/t9-,10-;;;;;;;;/m0......../s1. The Labute approximate surface area is 522 Å². The second-order valence-electron chi connectivity index (χ2n) is 31.9. The molecular formula is C64H130N7O12S2-. The number of para-hydroxylation sites is 1. The number of benzene rings is 1. The maximum Gasteiger partial charge on any atom is 0.312 e. The van der Waals surface area contributed by atoms with Crippen molar-refractivity contribution in [2.75, 3.05) is 59.2 Å². The summed E-state index contributed by atoms with van der Waals surface area (Å²) in [5.74, 6) is 0.782. The number of morpholine rings is 1. The fourth-order valence-electron chi connectivity index (χ4n) is 5.55. The molecule has 0 spiro atoms. The maximum atomic E-state index is 11.9. The average Bonchev–Trinajstić information content (AvgIpc) is 3.25. The number of sulfonamides is 1. The van der Waals surface area contributed by atoms with Gasteiger partial charge in [0.15, 0.2) is 0 Å². The molecule has 2 aliphatic rings. The minimum atomic E-state index is -3.16. The number of rotatable bonds is 5. The highest BCUT2D eigenvalue weighted by Gasteiger charge is 2.35. The average molecular weight is 1250 g/mol. The van der Waals surface area contributed by atoms with Gasteiger partial charge in [-0.05, 0) is 167 Å². The number of nitrogens with zero attached hydrogens (tertiary/aromatic N) is 5. The number of nitro groups is 1. The normalized spacial score (nSPS) is 17.0. The van der Waals surface area contributed by atoms with E-state index in [4.69, 9.17) is 20.5 Å². The first-order chi connectivity index (χ1) is 37.2. The van der Waals surface area contributed by atoms with E-state index in [9.17, 15) is 42.0 Å². The van der Waals surface area contributed by atoms with Gasteiger partial charge in [-0.2, -0.15) is 5.26 Å². The molecule has 0 aliphatic carbocycles. The molecule has 2 fully saturated rings. The minimum Gasteiger partial charge on any atom is -0.764 e. The van der Waals surface area contributed by atoms with Gasteiger partial charge in [0.25, 0.3) is 0 Å². The van der Waals surface area contributed by atoms with Gasteiger partial charge in [-0.15, -0.1) is 0 Å². The number of ether oxygens (including phenoxy) is 3. The summed E-state index contributed by atoms with van der Waals surface area (Å²) < 4.78 is 65.1. The minimum absolute atomic E-state index is 0.00694. The van der Waals surface area contributed by atoms with Crippen molar-refractivity contribution in [1.82, 2.24) is 14.5 Å². The summed E-state index contributed by atoms with van der Waals surface area (Å²) in [5, 5.41) is 29.9. The van der Waals surface area contributed by atoms with Crippen LogP contribution in [0.5, 0.6) is 5.75 Å². The number of nitrogens with one attached hydrogen (secondary N) is 1. The molecule has 1 unspecified atom stereocenters. The van der Waals surface area contributed by atoms with E-state index in [0.717, 1.165) is 51.0 Å². The number of carbonyl (C=O) groups is 2. The molecule has 19 nitrogen and oxygen atoms in total. The fraction of sp³-hybridized carbons (Fsp3) is 0.859. The molecule has 4 N–H and O–H groups in total. The van der Waals surface area contributed by atoms with E-state index in [0.29, 0.717) is 37.3 Å². The summed E-state index contributed by atoms with van der Waals surface area (Å²) in [6.07, 6.45) is 5.07. The third kappa shape index (κ3) is 63.2. The lowest BCUT2D eigenvalue weighted by Crippen LogP contribution is -2.48. The molecule has 2 saturated heterocycles. The van der Waals surface area contributed by atoms with Crippen molar-refractivity contribution >= 4 is 32.0 Å². The van der Waals surface area contributed by atoms with Crippen LogP contribution in [0.3, 0.4) is 0 Å². The molecule has 21 heteroatoms. The number of primary amides is 1. The molecule has 85 heavy (non-hydrogen) atoms. The summed E-state index contributed by atoms with van der Waals surface area (Å²) in [4.78, 5) is 32.8. The zero-order valence-electron chi connectivity index (χ0n) is 60.2. The molecule has 2 amide bonds. The predicted octanol–water partition coefficient (Wildman–Crippen LogP) is 14.2. The van der Waals surface area contributed by atoms with Gasteiger partial charge < -0.3 is 34.9 Å². The molecule has 506 valence electrons. The first-order valence-electron chi connectivity index (χ1n) is 29.6. The van der Waals surface area contributed by atoms with Crippen molar-refractivity contribution in [2.45, 2.75) is 268 Å². The molecule has 0 saturated carbocycles. The van der Waals surface area contributed by atoms with E-state index in [1.165, 1.54) is 13.7 Å². The zero-order valence-corrected chi connectivity index (χ0v) is 61.8. The number of esters is 1. The van der Waals surface area contributed by atoms with Crippen molar-refractivity contribution in [3.8, 4) is 11.8 Å².